The van der Waals surface area contributed by atoms with Gasteiger partial charge in [-0.2, -0.15) is 5.10 Å². The van der Waals surface area contributed by atoms with E-state index < -0.39 is 0 Å². The largest absolute Gasteiger partial charge is 0.484 e. The van der Waals surface area contributed by atoms with Crippen LogP contribution in [-0.2, 0) is 7.05 Å². The number of ketones is 1. The minimum atomic E-state index is -0.351. The Balaban J connectivity index is 2.04. The number of carbonyl (C=O) groups excluding carboxylic acids is 1. The Morgan fingerprint density at radius 1 is 1.38 bits per heavy atom. The van der Waals surface area contributed by atoms with Gasteiger partial charge in [-0.25, -0.2) is 4.68 Å². The summed E-state index contributed by atoms with van der Waals surface area (Å²) in [6.45, 7) is 3.87. The zero-order valence-corrected chi connectivity index (χ0v) is 12.6. The first-order valence-electron chi connectivity index (χ1n) is 6.89. The van der Waals surface area contributed by atoms with Gasteiger partial charge in [0, 0.05) is 7.05 Å². The zero-order valence-electron chi connectivity index (χ0n) is 12.6. The predicted molar refractivity (Wildman–Crippen MR) is 78.0 cm³/mol. The molecule has 0 amide bonds. The minimum Gasteiger partial charge on any atom is -0.484 e. The molecule has 0 aliphatic carbocycles. The SMILES string of the molecule is COc1c(C2CC(=O)c3cc(C)ccc3O2)c(C)nn1C. The van der Waals surface area contributed by atoms with Crippen LogP contribution < -0.4 is 9.47 Å². The number of aryl methyl sites for hydroxylation is 3. The van der Waals surface area contributed by atoms with Gasteiger partial charge in [0.2, 0.25) is 5.88 Å². The van der Waals surface area contributed by atoms with Gasteiger partial charge in [-0.3, -0.25) is 4.79 Å². The molecule has 21 heavy (non-hydrogen) atoms. The van der Waals surface area contributed by atoms with Gasteiger partial charge in [0.25, 0.3) is 0 Å². The van der Waals surface area contributed by atoms with Crippen molar-refractivity contribution in [1.82, 2.24) is 9.78 Å². The van der Waals surface area contributed by atoms with E-state index in [1.54, 1.807) is 11.8 Å². The second kappa shape index (κ2) is 4.91. The number of nitrogens with zero attached hydrogens (tertiary/aromatic N) is 2. The molecule has 0 fully saturated rings. The molecule has 0 bridgehead atoms. The van der Waals surface area contributed by atoms with Gasteiger partial charge in [0.05, 0.1) is 30.4 Å². The number of ether oxygens (including phenoxy) is 2. The fraction of sp³-hybridized carbons (Fsp3) is 0.375. The second-order valence-corrected chi connectivity index (χ2v) is 5.37. The lowest BCUT2D eigenvalue weighted by Crippen LogP contribution is -2.21. The Bertz CT molecular complexity index is 719. The highest BCUT2D eigenvalue weighted by molar-refractivity contribution is 6.00. The summed E-state index contributed by atoms with van der Waals surface area (Å²) in [4.78, 5) is 12.4. The topological polar surface area (TPSA) is 53.4 Å². The van der Waals surface area contributed by atoms with Crippen LogP contribution in [0.25, 0.3) is 0 Å². The quantitative estimate of drug-likeness (QED) is 0.852. The van der Waals surface area contributed by atoms with Crippen molar-refractivity contribution < 1.29 is 14.3 Å². The van der Waals surface area contributed by atoms with E-state index in [2.05, 4.69) is 5.10 Å². The lowest BCUT2D eigenvalue weighted by atomic mass is 9.95. The molecule has 1 atom stereocenters. The van der Waals surface area contributed by atoms with Crippen LogP contribution in [0.3, 0.4) is 0 Å². The summed E-state index contributed by atoms with van der Waals surface area (Å²) in [7, 11) is 3.42. The molecule has 0 saturated heterocycles. The van der Waals surface area contributed by atoms with E-state index in [1.165, 1.54) is 0 Å². The van der Waals surface area contributed by atoms with Crippen LogP contribution in [0.5, 0.6) is 11.6 Å². The number of rotatable bonds is 2. The van der Waals surface area contributed by atoms with Gasteiger partial charge in [0.1, 0.15) is 11.9 Å². The monoisotopic (exact) mass is 286 g/mol. The van der Waals surface area contributed by atoms with Gasteiger partial charge >= 0.3 is 0 Å². The Morgan fingerprint density at radius 2 is 2.14 bits per heavy atom. The van der Waals surface area contributed by atoms with Crippen molar-refractivity contribution in [2.45, 2.75) is 26.4 Å². The van der Waals surface area contributed by atoms with Crippen molar-refractivity contribution >= 4 is 5.78 Å². The van der Waals surface area contributed by atoms with Gasteiger partial charge in [-0.1, -0.05) is 11.6 Å². The molecule has 1 aliphatic heterocycles. The number of fused-ring (bicyclic) bond motifs is 1. The van der Waals surface area contributed by atoms with E-state index in [9.17, 15) is 4.79 Å². The van der Waals surface area contributed by atoms with Crippen LogP contribution in [0, 0.1) is 13.8 Å². The number of hydrogen-bond donors (Lipinski definition) is 0. The van der Waals surface area contributed by atoms with E-state index in [0.717, 1.165) is 16.8 Å². The molecule has 0 saturated carbocycles. The predicted octanol–water partition coefficient (Wildman–Crippen LogP) is 2.75. The zero-order chi connectivity index (χ0) is 15.1. The summed E-state index contributed by atoms with van der Waals surface area (Å²) < 4.78 is 13.1. The van der Waals surface area contributed by atoms with E-state index in [1.807, 2.05) is 39.1 Å². The molecule has 5 nitrogen and oxygen atoms in total. The summed E-state index contributed by atoms with van der Waals surface area (Å²) in [5.41, 5.74) is 3.38. The Morgan fingerprint density at radius 3 is 2.86 bits per heavy atom. The van der Waals surface area contributed by atoms with Gasteiger partial charge in [-0.15, -0.1) is 0 Å². The summed E-state index contributed by atoms with van der Waals surface area (Å²) in [5.74, 6) is 1.36. The van der Waals surface area contributed by atoms with E-state index in [-0.39, 0.29) is 11.9 Å². The molecule has 1 aromatic carbocycles. The molecule has 1 unspecified atom stereocenters. The van der Waals surface area contributed by atoms with Crippen molar-refractivity contribution in [3.63, 3.8) is 0 Å². The fourth-order valence-electron chi connectivity index (χ4n) is 2.86. The number of hydrogen-bond acceptors (Lipinski definition) is 4. The molecule has 2 heterocycles. The van der Waals surface area contributed by atoms with Gasteiger partial charge < -0.3 is 9.47 Å². The van der Waals surface area contributed by atoms with Crippen molar-refractivity contribution in [1.29, 1.82) is 0 Å². The molecule has 110 valence electrons. The Hall–Kier alpha value is -2.30. The minimum absolute atomic E-state index is 0.0928. The molecule has 1 aliphatic rings. The Kier molecular flexibility index (Phi) is 3.20. The highest BCUT2D eigenvalue weighted by atomic mass is 16.5. The van der Waals surface area contributed by atoms with Crippen molar-refractivity contribution in [3.8, 4) is 11.6 Å². The van der Waals surface area contributed by atoms with Crippen molar-refractivity contribution in [2.24, 2.45) is 7.05 Å². The van der Waals surface area contributed by atoms with Crippen LogP contribution in [0.2, 0.25) is 0 Å². The van der Waals surface area contributed by atoms with E-state index in [0.29, 0.717) is 23.6 Å². The average molecular weight is 286 g/mol. The van der Waals surface area contributed by atoms with E-state index in [4.69, 9.17) is 9.47 Å². The van der Waals surface area contributed by atoms with E-state index >= 15 is 0 Å². The van der Waals surface area contributed by atoms with Crippen molar-refractivity contribution in [2.75, 3.05) is 7.11 Å². The third-order valence-electron chi connectivity index (χ3n) is 3.80. The normalized spacial score (nSPS) is 17.3. The maximum absolute atomic E-state index is 12.4. The summed E-state index contributed by atoms with van der Waals surface area (Å²) in [5, 5.41) is 4.35. The number of Topliss-reactive ketones (excluding diaryl/α,β-unsaturated/α-hetero) is 1. The molecular weight excluding hydrogens is 268 g/mol. The van der Waals surface area contributed by atoms with Crippen molar-refractivity contribution in [3.05, 3.63) is 40.6 Å². The smallest absolute Gasteiger partial charge is 0.218 e. The molecule has 0 N–H and O–H groups in total. The first kappa shape index (κ1) is 13.7. The molecular formula is C16H18N2O3. The van der Waals surface area contributed by atoms with Crippen LogP contribution in [0.4, 0.5) is 0 Å². The molecule has 2 aromatic rings. The number of benzene rings is 1. The Labute approximate surface area is 123 Å². The molecule has 0 radical (unpaired) electrons. The number of methoxy groups -OCH3 is 1. The highest BCUT2D eigenvalue weighted by Gasteiger charge is 2.32. The van der Waals surface area contributed by atoms with Gasteiger partial charge in [0.15, 0.2) is 5.78 Å². The summed E-state index contributed by atoms with van der Waals surface area (Å²) >= 11 is 0. The molecule has 3 rings (SSSR count). The van der Waals surface area contributed by atoms with Crippen LogP contribution in [0.15, 0.2) is 18.2 Å². The number of aromatic nitrogens is 2. The highest BCUT2D eigenvalue weighted by Crippen LogP contribution is 2.39. The molecule has 1 aromatic heterocycles. The standard InChI is InChI=1S/C16H18N2O3/c1-9-5-6-13-11(7-9)12(19)8-14(21-13)15-10(2)17-18(3)16(15)20-4/h5-7,14H,8H2,1-4H3. The second-order valence-electron chi connectivity index (χ2n) is 5.37. The average Bonchev–Trinajstić information content (AvgIpc) is 2.73. The fourth-order valence-corrected chi connectivity index (χ4v) is 2.86. The maximum atomic E-state index is 12.4. The molecule has 5 heteroatoms. The van der Waals surface area contributed by atoms with Gasteiger partial charge in [-0.05, 0) is 26.0 Å². The van der Waals surface area contributed by atoms with Crippen LogP contribution in [-0.4, -0.2) is 22.7 Å². The summed E-state index contributed by atoms with van der Waals surface area (Å²) in [6.07, 6.45) is -0.0457. The van der Waals surface area contributed by atoms with Crippen LogP contribution >= 0.6 is 0 Å². The third kappa shape index (κ3) is 2.18. The lowest BCUT2D eigenvalue weighted by molar-refractivity contribution is 0.0846. The van der Waals surface area contributed by atoms with Crippen LogP contribution in [0.1, 0.15) is 39.7 Å². The first-order valence-corrected chi connectivity index (χ1v) is 6.89. The third-order valence-corrected chi connectivity index (χ3v) is 3.80. The molecule has 0 spiro atoms. The number of carbonyl (C=O) groups is 1. The maximum Gasteiger partial charge on any atom is 0.218 e. The lowest BCUT2D eigenvalue weighted by Gasteiger charge is -2.25. The first-order chi connectivity index (χ1) is 10.0. The summed E-state index contributed by atoms with van der Waals surface area (Å²) in [6, 6.07) is 5.68.